The highest BCUT2D eigenvalue weighted by Crippen LogP contribution is 2.36. The molecule has 24 heavy (non-hydrogen) atoms. The predicted molar refractivity (Wildman–Crippen MR) is 84.1 cm³/mol. The average molecular weight is 378 g/mol. The third-order valence-corrected chi connectivity index (χ3v) is 4.02. The Balaban J connectivity index is 1.89. The first-order chi connectivity index (χ1) is 11.3. The smallest absolute Gasteiger partial charge is 0.417 e. The van der Waals surface area contributed by atoms with Crippen molar-refractivity contribution in [1.29, 1.82) is 0 Å². The number of thiophene rings is 1. The summed E-state index contributed by atoms with van der Waals surface area (Å²) in [7, 11) is 0. The van der Waals surface area contributed by atoms with Crippen LogP contribution in [0.15, 0.2) is 35.7 Å². The summed E-state index contributed by atoms with van der Waals surface area (Å²) in [6.45, 7) is -0.589. The molecule has 0 radical (unpaired) electrons. The van der Waals surface area contributed by atoms with Gasteiger partial charge < -0.3 is 10.1 Å². The zero-order chi connectivity index (χ0) is 17.7. The molecular weight excluding hydrogens is 367 g/mol. The van der Waals surface area contributed by atoms with Crippen molar-refractivity contribution in [1.82, 2.24) is 0 Å². The zero-order valence-corrected chi connectivity index (χ0v) is 13.6. The van der Waals surface area contributed by atoms with Crippen LogP contribution in [-0.2, 0) is 26.9 Å². The number of carbonyl (C=O) groups excluding carboxylic acids is 2. The summed E-state index contributed by atoms with van der Waals surface area (Å²) < 4.78 is 43.0. The molecule has 1 aromatic carbocycles. The largest absolute Gasteiger partial charge is 0.455 e. The van der Waals surface area contributed by atoms with E-state index in [9.17, 15) is 22.8 Å². The molecule has 0 saturated carbocycles. The Morgan fingerprint density at radius 3 is 2.62 bits per heavy atom. The van der Waals surface area contributed by atoms with E-state index in [1.54, 1.807) is 17.5 Å². The number of ether oxygens (including phenoxy) is 1. The van der Waals surface area contributed by atoms with Crippen molar-refractivity contribution in [2.75, 3.05) is 11.9 Å². The van der Waals surface area contributed by atoms with Crippen molar-refractivity contribution in [2.24, 2.45) is 0 Å². The van der Waals surface area contributed by atoms with E-state index in [1.165, 1.54) is 17.4 Å². The molecule has 0 aliphatic rings. The van der Waals surface area contributed by atoms with Gasteiger partial charge in [-0.3, -0.25) is 9.59 Å². The normalized spacial score (nSPS) is 11.2. The molecule has 0 fully saturated rings. The number of hydrogen-bond donors (Lipinski definition) is 1. The lowest BCUT2D eigenvalue weighted by Gasteiger charge is -2.12. The van der Waals surface area contributed by atoms with E-state index < -0.39 is 35.2 Å². The Morgan fingerprint density at radius 1 is 1.25 bits per heavy atom. The Bertz CT molecular complexity index is 732. The van der Waals surface area contributed by atoms with Gasteiger partial charge in [-0.1, -0.05) is 17.7 Å². The lowest BCUT2D eigenvalue weighted by atomic mass is 10.2. The Morgan fingerprint density at radius 2 is 2.00 bits per heavy atom. The fourth-order valence-electron chi connectivity index (χ4n) is 1.77. The monoisotopic (exact) mass is 377 g/mol. The van der Waals surface area contributed by atoms with E-state index in [0.29, 0.717) is 6.07 Å². The van der Waals surface area contributed by atoms with Crippen molar-refractivity contribution in [3.05, 3.63) is 51.2 Å². The van der Waals surface area contributed by atoms with Crippen LogP contribution in [0.25, 0.3) is 0 Å². The van der Waals surface area contributed by atoms with Crippen LogP contribution in [0.5, 0.6) is 0 Å². The van der Waals surface area contributed by atoms with Crippen molar-refractivity contribution in [3.63, 3.8) is 0 Å². The second kappa shape index (κ2) is 7.67. The number of rotatable bonds is 5. The first-order valence-corrected chi connectivity index (χ1v) is 7.86. The van der Waals surface area contributed by atoms with Gasteiger partial charge in [0.25, 0.3) is 5.91 Å². The van der Waals surface area contributed by atoms with E-state index in [1.807, 2.05) is 0 Å². The van der Waals surface area contributed by atoms with E-state index in [0.717, 1.165) is 10.9 Å². The van der Waals surface area contributed by atoms with Crippen LogP contribution < -0.4 is 5.32 Å². The van der Waals surface area contributed by atoms with Gasteiger partial charge in [-0.15, -0.1) is 11.3 Å². The molecule has 0 bridgehead atoms. The quantitative estimate of drug-likeness (QED) is 0.796. The van der Waals surface area contributed by atoms with Crippen molar-refractivity contribution in [2.45, 2.75) is 12.6 Å². The number of amides is 1. The molecule has 0 saturated heterocycles. The number of carbonyl (C=O) groups is 2. The maximum absolute atomic E-state index is 12.7. The van der Waals surface area contributed by atoms with Gasteiger partial charge in [-0.25, -0.2) is 0 Å². The number of alkyl halides is 3. The molecule has 0 atom stereocenters. The molecule has 1 amide bonds. The Kier molecular flexibility index (Phi) is 5.84. The van der Waals surface area contributed by atoms with E-state index in [4.69, 9.17) is 16.3 Å². The molecule has 1 N–H and O–H groups in total. The molecule has 0 spiro atoms. The minimum absolute atomic E-state index is 0.0319. The van der Waals surface area contributed by atoms with Crippen LogP contribution in [-0.4, -0.2) is 18.5 Å². The average Bonchev–Trinajstić information content (AvgIpc) is 2.99. The molecule has 0 aliphatic heterocycles. The van der Waals surface area contributed by atoms with Gasteiger partial charge in [0.1, 0.15) is 0 Å². The number of benzene rings is 1. The second-order valence-corrected chi connectivity index (χ2v) is 6.10. The summed E-state index contributed by atoms with van der Waals surface area (Å²) in [6, 6.07) is 6.50. The topological polar surface area (TPSA) is 55.4 Å². The number of halogens is 4. The summed E-state index contributed by atoms with van der Waals surface area (Å²) in [5, 5.41) is 3.55. The van der Waals surface area contributed by atoms with Crippen LogP contribution in [0.2, 0.25) is 5.02 Å². The second-order valence-electron chi connectivity index (χ2n) is 4.66. The molecule has 4 nitrogen and oxygen atoms in total. The van der Waals surface area contributed by atoms with E-state index >= 15 is 0 Å². The van der Waals surface area contributed by atoms with Gasteiger partial charge in [0.15, 0.2) is 6.61 Å². The standard InChI is InChI=1S/C15H11ClF3NO3S/c16-12-4-3-9(6-11(12)15(17,18)19)20-13(21)8-23-14(22)7-10-2-1-5-24-10/h1-6H,7-8H2,(H,20,21). The van der Waals surface area contributed by atoms with Gasteiger partial charge in [0.05, 0.1) is 17.0 Å². The molecular formula is C15H11ClF3NO3S. The molecule has 128 valence electrons. The van der Waals surface area contributed by atoms with Crippen molar-refractivity contribution < 1.29 is 27.5 Å². The van der Waals surface area contributed by atoms with Gasteiger partial charge in [0, 0.05) is 10.6 Å². The molecule has 1 heterocycles. The fourth-order valence-corrected chi connectivity index (χ4v) is 2.68. The fraction of sp³-hybridized carbons (Fsp3) is 0.200. The van der Waals surface area contributed by atoms with Crippen molar-refractivity contribution in [3.8, 4) is 0 Å². The first-order valence-electron chi connectivity index (χ1n) is 6.60. The third kappa shape index (κ3) is 5.24. The van der Waals surface area contributed by atoms with Gasteiger partial charge in [0.2, 0.25) is 0 Å². The highest BCUT2D eigenvalue weighted by molar-refractivity contribution is 7.10. The maximum Gasteiger partial charge on any atom is 0.417 e. The molecule has 0 unspecified atom stereocenters. The van der Waals surface area contributed by atoms with E-state index in [2.05, 4.69) is 5.32 Å². The maximum atomic E-state index is 12.7. The van der Waals surface area contributed by atoms with Crippen LogP contribution >= 0.6 is 22.9 Å². The lowest BCUT2D eigenvalue weighted by molar-refractivity contribution is -0.146. The van der Waals surface area contributed by atoms with Crippen molar-refractivity contribution >= 4 is 40.5 Å². The molecule has 2 rings (SSSR count). The summed E-state index contributed by atoms with van der Waals surface area (Å²) in [5.74, 6) is -1.34. The predicted octanol–water partition coefficient (Wildman–Crippen LogP) is 4.14. The van der Waals surface area contributed by atoms with Crippen LogP contribution in [0.4, 0.5) is 18.9 Å². The van der Waals surface area contributed by atoms with E-state index in [-0.39, 0.29) is 12.1 Å². The van der Waals surface area contributed by atoms with Gasteiger partial charge >= 0.3 is 12.1 Å². The number of nitrogens with one attached hydrogen (secondary N) is 1. The van der Waals surface area contributed by atoms with Gasteiger partial charge in [-0.2, -0.15) is 13.2 Å². The highest BCUT2D eigenvalue weighted by atomic mass is 35.5. The summed E-state index contributed by atoms with van der Waals surface area (Å²) in [5.41, 5.74) is -1.15. The summed E-state index contributed by atoms with van der Waals surface area (Å²) in [4.78, 5) is 24.0. The lowest BCUT2D eigenvalue weighted by Crippen LogP contribution is -2.21. The summed E-state index contributed by atoms with van der Waals surface area (Å²) in [6.07, 6.45) is -4.60. The Labute approximate surface area is 144 Å². The van der Waals surface area contributed by atoms with Crippen LogP contribution in [0.3, 0.4) is 0 Å². The molecule has 9 heteroatoms. The highest BCUT2D eigenvalue weighted by Gasteiger charge is 2.33. The van der Waals surface area contributed by atoms with Crippen LogP contribution in [0.1, 0.15) is 10.4 Å². The SMILES string of the molecule is O=C(COC(=O)Cc1cccs1)Nc1ccc(Cl)c(C(F)(F)F)c1. The molecule has 0 aliphatic carbocycles. The Hall–Kier alpha value is -2.06. The zero-order valence-electron chi connectivity index (χ0n) is 12.0. The first kappa shape index (κ1) is 18.3. The minimum Gasteiger partial charge on any atom is -0.455 e. The molecule has 1 aromatic heterocycles. The molecule has 2 aromatic rings. The third-order valence-electron chi connectivity index (χ3n) is 2.82. The number of anilines is 1. The van der Waals surface area contributed by atoms with Gasteiger partial charge in [-0.05, 0) is 29.6 Å². The number of esters is 1. The number of hydrogen-bond acceptors (Lipinski definition) is 4. The van der Waals surface area contributed by atoms with Crippen LogP contribution in [0, 0.1) is 0 Å². The summed E-state index contributed by atoms with van der Waals surface area (Å²) >= 11 is 6.86. The minimum atomic E-state index is -4.63.